The number of hydrogen-bond acceptors (Lipinski definition) is 5. The molecule has 0 spiro atoms. The van der Waals surface area contributed by atoms with E-state index in [0.717, 1.165) is 11.1 Å². The van der Waals surface area contributed by atoms with Gasteiger partial charge in [0.1, 0.15) is 18.2 Å². The van der Waals surface area contributed by atoms with Crippen LogP contribution in [0.3, 0.4) is 0 Å². The minimum atomic E-state index is -0.341. The number of amides is 1. The lowest BCUT2D eigenvalue weighted by Crippen LogP contribution is -2.28. The van der Waals surface area contributed by atoms with Crippen molar-refractivity contribution in [3.8, 4) is 11.5 Å². The predicted octanol–water partition coefficient (Wildman–Crippen LogP) is 6.57. The van der Waals surface area contributed by atoms with E-state index in [1.165, 1.54) is 36.0 Å². The zero-order chi connectivity index (χ0) is 24.8. The molecule has 1 saturated heterocycles. The molecule has 35 heavy (non-hydrogen) atoms. The highest BCUT2D eigenvalue weighted by Crippen LogP contribution is 2.36. The molecule has 1 aliphatic rings. The average molecular weight is 495 g/mol. The lowest BCUT2D eigenvalue weighted by molar-refractivity contribution is -0.122. The molecule has 0 aromatic heterocycles. The molecule has 0 bridgehead atoms. The highest BCUT2D eigenvalue weighted by molar-refractivity contribution is 8.18. The van der Waals surface area contributed by atoms with Crippen LogP contribution in [-0.4, -0.2) is 29.1 Å². The standard InChI is InChI=1S/C27H24F2N2O3S/c1-3-31-26(32)25(35-27(31)30-22-12-10-21(29)11-13-22)16-19-7-14-23(24(15-19)33-4-2)34-17-18-5-8-20(28)9-6-18/h5-16H,3-4,17H2,1-2H3/b25-16+,30-27?. The van der Waals surface area contributed by atoms with E-state index >= 15 is 0 Å². The van der Waals surface area contributed by atoms with Gasteiger partial charge in [-0.2, -0.15) is 0 Å². The fourth-order valence-corrected chi connectivity index (χ4v) is 4.45. The van der Waals surface area contributed by atoms with Crippen LogP contribution < -0.4 is 9.47 Å². The molecule has 0 N–H and O–H groups in total. The third kappa shape index (κ3) is 6.08. The van der Waals surface area contributed by atoms with Crippen molar-refractivity contribution in [3.05, 3.63) is 94.4 Å². The van der Waals surface area contributed by atoms with Gasteiger partial charge in [-0.25, -0.2) is 13.8 Å². The van der Waals surface area contributed by atoms with Gasteiger partial charge < -0.3 is 9.47 Å². The third-order valence-electron chi connectivity index (χ3n) is 5.13. The Morgan fingerprint density at radius 3 is 2.26 bits per heavy atom. The number of carbonyl (C=O) groups is 1. The van der Waals surface area contributed by atoms with E-state index in [2.05, 4.69) is 4.99 Å². The second-order valence-electron chi connectivity index (χ2n) is 7.59. The van der Waals surface area contributed by atoms with Crippen LogP contribution in [0.5, 0.6) is 11.5 Å². The number of likely N-dealkylation sites (N-methyl/N-ethyl adjacent to an activating group) is 1. The van der Waals surface area contributed by atoms with Crippen LogP contribution in [0.25, 0.3) is 6.08 Å². The number of halogens is 2. The largest absolute Gasteiger partial charge is 0.490 e. The summed E-state index contributed by atoms with van der Waals surface area (Å²) in [4.78, 5) is 19.6. The molecule has 1 heterocycles. The summed E-state index contributed by atoms with van der Waals surface area (Å²) in [7, 11) is 0. The maximum atomic E-state index is 13.2. The molecule has 8 heteroatoms. The zero-order valence-corrected chi connectivity index (χ0v) is 20.1. The number of amidine groups is 1. The predicted molar refractivity (Wildman–Crippen MR) is 135 cm³/mol. The van der Waals surface area contributed by atoms with Crippen LogP contribution in [0.4, 0.5) is 14.5 Å². The zero-order valence-electron chi connectivity index (χ0n) is 19.3. The monoisotopic (exact) mass is 494 g/mol. The van der Waals surface area contributed by atoms with E-state index in [9.17, 15) is 13.6 Å². The Morgan fingerprint density at radius 1 is 0.914 bits per heavy atom. The Morgan fingerprint density at radius 2 is 1.60 bits per heavy atom. The van der Waals surface area contributed by atoms with Crippen molar-refractivity contribution >= 4 is 34.6 Å². The maximum Gasteiger partial charge on any atom is 0.266 e. The summed E-state index contributed by atoms with van der Waals surface area (Å²) in [5, 5.41) is 0.541. The number of hydrogen-bond donors (Lipinski definition) is 0. The second kappa shape index (κ2) is 11.2. The van der Waals surface area contributed by atoms with E-state index in [1.54, 1.807) is 41.3 Å². The smallest absolute Gasteiger partial charge is 0.266 e. The molecule has 3 aromatic rings. The van der Waals surface area contributed by atoms with E-state index in [-0.39, 0.29) is 24.1 Å². The van der Waals surface area contributed by atoms with E-state index < -0.39 is 0 Å². The summed E-state index contributed by atoms with van der Waals surface area (Å²) in [5.74, 6) is 0.317. The lowest BCUT2D eigenvalue weighted by Gasteiger charge is -2.13. The number of ether oxygens (including phenoxy) is 2. The fourth-order valence-electron chi connectivity index (χ4n) is 3.39. The number of benzene rings is 3. The van der Waals surface area contributed by atoms with E-state index in [1.807, 2.05) is 26.0 Å². The van der Waals surface area contributed by atoms with Gasteiger partial charge in [-0.15, -0.1) is 0 Å². The van der Waals surface area contributed by atoms with Gasteiger partial charge in [-0.1, -0.05) is 18.2 Å². The van der Waals surface area contributed by atoms with E-state index in [0.29, 0.717) is 40.4 Å². The van der Waals surface area contributed by atoms with Crippen molar-refractivity contribution in [2.75, 3.05) is 13.2 Å². The van der Waals surface area contributed by atoms with Gasteiger partial charge in [0.15, 0.2) is 16.7 Å². The highest BCUT2D eigenvalue weighted by Gasteiger charge is 2.32. The summed E-state index contributed by atoms with van der Waals surface area (Å²) in [6.07, 6.45) is 1.79. The summed E-state index contributed by atoms with van der Waals surface area (Å²) < 4.78 is 38.0. The molecule has 5 nitrogen and oxygen atoms in total. The normalized spacial score (nSPS) is 15.8. The first kappa shape index (κ1) is 24.5. The summed E-state index contributed by atoms with van der Waals surface area (Å²) in [5.41, 5.74) is 2.18. The van der Waals surface area contributed by atoms with Gasteiger partial charge in [-0.05, 0) is 91.3 Å². The lowest BCUT2D eigenvalue weighted by atomic mass is 10.1. The molecular formula is C27H24F2N2O3S. The molecule has 3 aromatic carbocycles. The Labute approximate surface area is 207 Å². The van der Waals surface area contributed by atoms with Crippen LogP contribution in [0.15, 0.2) is 76.6 Å². The van der Waals surface area contributed by atoms with Crippen molar-refractivity contribution in [2.24, 2.45) is 4.99 Å². The Balaban J connectivity index is 1.55. The van der Waals surface area contributed by atoms with Crippen molar-refractivity contribution in [1.29, 1.82) is 0 Å². The fraction of sp³-hybridized carbons (Fsp3) is 0.185. The van der Waals surface area contributed by atoms with Crippen LogP contribution >= 0.6 is 11.8 Å². The molecule has 1 fully saturated rings. The molecule has 0 atom stereocenters. The van der Waals surface area contributed by atoms with Crippen molar-refractivity contribution < 1.29 is 23.0 Å². The van der Waals surface area contributed by atoms with Gasteiger partial charge >= 0.3 is 0 Å². The summed E-state index contributed by atoms with van der Waals surface area (Å²) in [6, 6.07) is 17.4. The third-order valence-corrected chi connectivity index (χ3v) is 6.14. The van der Waals surface area contributed by atoms with Crippen molar-refractivity contribution in [2.45, 2.75) is 20.5 Å². The Hall–Kier alpha value is -3.65. The molecular weight excluding hydrogens is 470 g/mol. The molecule has 180 valence electrons. The van der Waals surface area contributed by atoms with Gasteiger partial charge in [0, 0.05) is 6.54 Å². The van der Waals surface area contributed by atoms with Gasteiger partial charge in [0.05, 0.1) is 17.2 Å². The first-order valence-electron chi connectivity index (χ1n) is 11.2. The topological polar surface area (TPSA) is 51.1 Å². The Kier molecular flexibility index (Phi) is 7.82. The van der Waals surface area contributed by atoms with Crippen LogP contribution in [0.2, 0.25) is 0 Å². The summed E-state index contributed by atoms with van der Waals surface area (Å²) in [6.45, 7) is 4.93. The molecule has 4 rings (SSSR count). The number of carbonyl (C=O) groups excluding carboxylic acids is 1. The van der Waals surface area contributed by atoms with Crippen molar-refractivity contribution in [1.82, 2.24) is 4.90 Å². The highest BCUT2D eigenvalue weighted by atomic mass is 32.2. The van der Waals surface area contributed by atoms with Gasteiger partial charge in [-0.3, -0.25) is 9.69 Å². The van der Waals surface area contributed by atoms with Gasteiger partial charge in [0.2, 0.25) is 0 Å². The maximum absolute atomic E-state index is 13.2. The molecule has 1 aliphatic heterocycles. The number of aliphatic imine (C=N–C) groups is 1. The first-order chi connectivity index (χ1) is 17.0. The number of rotatable bonds is 8. The second-order valence-corrected chi connectivity index (χ2v) is 8.59. The van der Waals surface area contributed by atoms with Crippen LogP contribution in [0, 0.1) is 11.6 Å². The summed E-state index contributed by atoms with van der Waals surface area (Å²) >= 11 is 1.27. The molecule has 1 amide bonds. The average Bonchev–Trinajstić information content (AvgIpc) is 3.14. The molecule has 0 unspecified atom stereocenters. The van der Waals surface area contributed by atoms with Crippen LogP contribution in [0.1, 0.15) is 25.0 Å². The molecule has 0 saturated carbocycles. The van der Waals surface area contributed by atoms with E-state index in [4.69, 9.17) is 9.47 Å². The number of nitrogens with zero attached hydrogens (tertiary/aromatic N) is 2. The molecule has 0 radical (unpaired) electrons. The van der Waals surface area contributed by atoms with Crippen LogP contribution in [-0.2, 0) is 11.4 Å². The minimum absolute atomic E-state index is 0.145. The quantitative estimate of drug-likeness (QED) is 0.333. The molecule has 0 aliphatic carbocycles. The first-order valence-corrected chi connectivity index (χ1v) is 12.0. The van der Waals surface area contributed by atoms with Gasteiger partial charge in [0.25, 0.3) is 5.91 Å². The minimum Gasteiger partial charge on any atom is -0.490 e. The number of thioether (sulfide) groups is 1. The SMILES string of the molecule is CCOc1cc(/C=C2/SC(=Nc3ccc(F)cc3)N(CC)C2=O)ccc1OCc1ccc(F)cc1. The van der Waals surface area contributed by atoms with Crippen molar-refractivity contribution in [3.63, 3.8) is 0 Å². The Bertz CT molecular complexity index is 1260.